The Balaban J connectivity index is 1.22. The lowest BCUT2D eigenvalue weighted by Crippen LogP contribution is -1.96. The van der Waals surface area contributed by atoms with Gasteiger partial charge in [0.2, 0.25) is 0 Å². The van der Waals surface area contributed by atoms with E-state index in [0.29, 0.717) is 5.82 Å². The maximum atomic E-state index is 6.50. The Kier molecular flexibility index (Phi) is 6.18. The van der Waals surface area contributed by atoms with Gasteiger partial charge in [0, 0.05) is 27.3 Å². The molecule has 0 bridgehead atoms. The number of para-hydroxylation sites is 3. The lowest BCUT2D eigenvalue weighted by atomic mass is 9.93. The number of aromatic nitrogens is 2. The average Bonchev–Trinajstić information content (AvgIpc) is 3.56. The molecule has 0 aliphatic rings. The molecule has 0 aliphatic heterocycles. The predicted octanol–water partition coefficient (Wildman–Crippen LogP) is 12.5. The fourth-order valence-corrected chi connectivity index (χ4v) is 7.17. The van der Waals surface area contributed by atoms with Crippen LogP contribution in [0, 0.1) is 0 Å². The van der Waals surface area contributed by atoms with Crippen LogP contribution in [0.5, 0.6) is 0 Å². The van der Waals surface area contributed by atoms with Crippen LogP contribution in [0.1, 0.15) is 0 Å². The van der Waals surface area contributed by atoms with Crippen molar-refractivity contribution in [2.75, 3.05) is 0 Å². The van der Waals surface area contributed by atoms with Crippen molar-refractivity contribution in [2.24, 2.45) is 0 Å². The highest BCUT2D eigenvalue weighted by atomic mass is 16.3. The Hall–Kier alpha value is -6.58. The zero-order valence-electron chi connectivity index (χ0n) is 26.5. The van der Waals surface area contributed by atoms with E-state index < -0.39 is 0 Å². The molecular weight excluding hydrogens is 597 g/mol. The van der Waals surface area contributed by atoms with Crippen LogP contribution in [0.4, 0.5) is 0 Å². The SMILES string of the molecule is c1ccc2cc(-c3cc(-c4ccc5ccccc5c4)cc(-c4nc(-c5cccc6c5oc5ccccc56)c5ccccc5n4)c3)ccc2c1. The molecular formula is C46H28N2O. The standard InChI is InChI=1S/C46H28N2O/c1-3-12-31-24-33(22-20-29(31)10-1)35-26-36(34-23-21-30-11-2-4-13-32(30)25-34)28-37(27-35)46-47-42-18-7-5-15-40(42)44(48-46)41-17-9-16-39-38-14-6-8-19-43(38)49-45(39)41/h1-28H. The number of nitrogens with zero attached hydrogens (tertiary/aromatic N) is 2. The normalized spacial score (nSPS) is 11.7. The molecule has 3 nitrogen and oxygen atoms in total. The minimum atomic E-state index is 0.673. The molecule has 8 aromatic carbocycles. The number of hydrogen-bond acceptors (Lipinski definition) is 3. The molecule has 0 fully saturated rings. The van der Waals surface area contributed by atoms with Gasteiger partial charge >= 0.3 is 0 Å². The van der Waals surface area contributed by atoms with E-state index in [1.807, 2.05) is 24.3 Å². The second kappa shape index (κ2) is 11.0. The summed E-state index contributed by atoms with van der Waals surface area (Å²) in [5, 5.41) is 8.02. The van der Waals surface area contributed by atoms with Crippen LogP contribution in [0.15, 0.2) is 174 Å². The quantitative estimate of drug-likeness (QED) is 0.196. The van der Waals surface area contributed by atoms with Crippen LogP contribution < -0.4 is 0 Å². The molecule has 0 saturated heterocycles. The average molecular weight is 625 g/mol. The molecule has 0 N–H and O–H groups in total. The van der Waals surface area contributed by atoms with E-state index in [1.54, 1.807) is 0 Å². The molecule has 0 unspecified atom stereocenters. The van der Waals surface area contributed by atoms with Crippen LogP contribution in [0.3, 0.4) is 0 Å². The number of rotatable bonds is 4. The lowest BCUT2D eigenvalue weighted by Gasteiger charge is -2.14. The molecule has 10 aromatic rings. The molecule has 0 amide bonds. The Morgan fingerprint density at radius 3 is 1.65 bits per heavy atom. The van der Waals surface area contributed by atoms with Crippen molar-refractivity contribution in [3.63, 3.8) is 0 Å². The van der Waals surface area contributed by atoms with Crippen molar-refractivity contribution < 1.29 is 4.42 Å². The predicted molar refractivity (Wildman–Crippen MR) is 204 cm³/mol. The van der Waals surface area contributed by atoms with Gasteiger partial charge in [-0.05, 0) is 92.3 Å². The zero-order chi connectivity index (χ0) is 32.3. The largest absolute Gasteiger partial charge is 0.455 e. The highest BCUT2D eigenvalue weighted by molar-refractivity contribution is 6.11. The third-order valence-corrected chi connectivity index (χ3v) is 9.62. The number of furan rings is 1. The molecule has 228 valence electrons. The first-order valence-electron chi connectivity index (χ1n) is 16.6. The molecule has 0 spiro atoms. The van der Waals surface area contributed by atoms with E-state index in [1.165, 1.54) is 21.5 Å². The summed E-state index contributed by atoms with van der Waals surface area (Å²) < 4.78 is 6.50. The van der Waals surface area contributed by atoms with E-state index in [-0.39, 0.29) is 0 Å². The zero-order valence-corrected chi connectivity index (χ0v) is 26.5. The molecule has 10 rings (SSSR count). The minimum absolute atomic E-state index is 0.673. The minimum Gasteiger partial charge on any atom is -0.455 e. The van der Waals surface area contributed by atoms with Crippen LogP contribution in [-0.4, -0.2) is 9.97 Å². The second-order valence-electron chi connectivity index (χ2n) is 12.6. The Morgan fingerprint density at radius 1 is 0.367 bits per heavy atom. The van der Waals surface area contributed by atoms with E-state index >= 15 is 0 Å². The van der Waals surface area contributed by atoms with Gasteiger partial charge in [-0.2, -0.15) is 0 Å². The van der Waals surface area contributed by atoms with Gasteiger partial charge < -0.3 is 4.42 Å². The van der Waals surface area contributed by atoms with E-state index in [2.05, 4.69) is 146 Å². The van der Waals surface area contributed by atoms with Gasteiger partial charge in [-0.3, -0.25) is 0 Å². The van der Waals surface area contributed by atoms with Crippen molar-refractivity contribution in [3.8, 4) is 44.9 Å². The first-order chi connectivity index (χ1) is 24.2. The first kappa shape index (κ1) is 27.5. The monoisotopic (exact) mass is 624 g/mol. The number of fused-ring (bicyclic) bond motifs is 6. The number of hydrogen-bond donors (Lipinski definition) is 0. The maximum absolute atomic E-state index is 6.50. The highest BCUT2D eigenvalue weighted by Gasteiger charge is 2.18. The van der Waals surface area contributed by atoms with Crippen LogP contribution >= 0.6 is 0 Å². The third-order valence-electron chi connectivity index (χ3n) is 9.62. The molecule has 49 heavy (non-hydrogen) atoms. The molecule has 0 radical (unpaired) electrons. The lowest BCUT2D eigenvalue weighted by molar-refractivity contribution is 0.670. The Morgan fingerprint density at radius 2 is 0.939 bits per heavy atom. The Labute approximate surface area is 282 Å². The highest BCUT2D eigenvalue weighted by Crippen LogP contribution is 2.39. The second-order valence-corrected chi connectivity index (χ2v) is 12.6. The molecule has 0 aliphatic carbocycles. The maximum Gasteiger partial charge on any atom is 0.160 e. The molecule has 2 aromatic heterocycles. The molecule has 3 heteroatoms. The smallest absolute Gasteiger partial charge is 0.160 e. The van der Waals surface area contributed by atoms with E-state index in [0.717, 1.165) is 71.9 Å². The summed E-state index contributed by atoms with van der Waals surface area (Å²) >= 11 is 0. The summed E-state index contributed by atoms with van der Waals surface area (Å²) in [5.74, 6) is 0.673. The van der Waals surface area contributed by atoms with Gasteiger partial charge in [-0.25, -0.2) is 9.97 Å². The van der Waals surface area contributed by atoms with Crippen molar-refractivity contribution in [2.45, 2.75) is 0 Å². The van der Waals surface area contributed by atoms with E-state index in [9.17, 15) is 0 Å². The van der Waals surface area contributed by atoms with Gasteiger partial charge in [0.15, 0.2) is 5.82 Å². The molecule has 2 heterocycles. The summed E-state index contributed by atoms with van der Waals surface area (Å²) in [6, 6.07) is 59.9. The van der Waals surface area contributed by atoms with E-state index in [4.69, 9.17) is 14.4 Å². The van der Waals surface area contributed by atoms with Crippen LogP contribution in [0.2, 0.25) is 0 Å². The summed E-state index contributed by atoms with van der Waals surface area (Å²) in [6.45, 7) is 0. The fraction of sp³-hybridized carbons (Fsp3) is 0. The summed E-state index contributed by atoms with van der Waals surface area (Å²) in [7, 11) is 0. The van der Waals surface area contributed by atoms with Crippen molar-refractivity contribution in [3.05, 3.63) is 170 Å². The first-order valence-corrected chi connectivity index (χ1v) is 16.6. The van der Waals surface area contributed by atoms with Gasteiger partial charge in [0.1, 0.15) is 11.2 Å². The summed E-state index contributed by atoms with van der Waals surface area (Å²) in [5.41, 5.74) is 9.88. The van der Waals surface area contributed by atoms with Gasteiger partial charge in [-0.1, -0.05) is 121 Å². The molecule has 0 saturated carbocycles. The van der Waals surface area contributed by atoms with Crippen LogP contribution in [-0.2, 0) is 0 Å². The number of benzene rings is 8. The van der Waals surface area contributed by atoms with Crippen molar-refractivity contribution >= 4 is 54.4 Å². The fourth-order valence-electron chi connectivity index (χ4n) is 7.17. The third kappa shape index (κ3) is 4.67. The van der Waals surface area contributed by atoms with Crippen LogP contribution in [0.25, 0.3) is 99.3 Å². The van der Waals surface area contributed by atoms with Gasteiger partial charge in [-0.15, -0.1) is 0 Å². The van der Waals surface area contributed by atoms with Crippen molar-refractivity contribution in [1.82, 2.24) is 9.97 Å². The van der Waals surface area contributed by atoms with Crippen molar-refractivity contribution in [1.29, 1.82) is 0 Å². The topological polar surface area (TPSA) is 38.9 Å². The Bertz CT molecular complexity index is 2800. The molecule has 0 atom stereocenters. The van der Waals surface area contributed by atoms with Gasteiger partial charge in [0.25, 0.3) is 0 Å². The summed E-state index contributed by atoms with van der Waals surface area (Å²) in [4.78, 5) is 10.5. The summed E-state index contributed by atoms with van der Waals surface area (Å²) in [6.07, 6.45) is 0. The van der Waals surface area contributed by atoms with Gasteiger partial charge in [0.05, 0.1) is 11.2 Å².